The molecule has 2 amide bonds. The minimum Gasteiger partial charge on any atom is -0.497 e. The number of hydrogen-bond acceptors (Lipinski definition) is 4. The summed E-state index contributed by atoms with van der Waals surface area (Å²) >= 11 is 0. The molecule has 0 spiro atoms. The summed E-state index contributed by atoms with van der Waals surface area (Å²) in [4.78, 5) is 27.0. The van der Waals surface area contributed by atoms with Crippen LogP contribution in [0.1, 0.15) is 24.9 Å². The summed E-state index contributed by atoms with van der Waals surface area (Å²) in [6, 6.07) is 15.0. The quantitative estimate of drug-likeness (QED) is 0.850. The van der Waals surface area contributed by atoms with Crippen molar-refractivity contribution in [2.45, 2.75) is 19.4 Å². The molecule has 142 valence electrons. The number of nitrogens with one attached hydrogen (secondary N) is 1. The predicted octanol–water partition coefficient (Wildman–Crippen LogP) is 3.25. The highest BCUT2D eigenvalue weighted by Gasteiger charge is 2.37. The van der Waals surface area contributed by atoms with Gasteiger partial charge in [0.25, 0.3) is 0 Å². The third-order valence-electron chi connectivity index (χ3n) is 4.94. The average Bonchev–Trinajstić information content (AvgIpc) is 3.09. The number of amides is 2. The van der Waals surface area contributed by atoms with Crippen molar-refractivity contribution in [3.63, 3.8) is 0 Å². The molecule has 1 N–H and O–H groups in total. The number of hydrogen-bond donors (Lipinski definition) is 1. The van der Waals surface area contributed by atoms with Gasteiger partial charge in [-0.25, -0.2) is 0 Å². The van der Waals surface area contributed by atoms with Crippen LogP contribution < -0.4 is 14.8 Å². The van der Waals surface area contributed by atoms with Crippen molar-refractivity contribution in [1.82, 2.24) is 4.90 Å². The second-order valence-corrected chi connectivity index (χ2v) is 6.59. The van der Waals surface area contributed by atoms with E-state index in [0.717, 1.165) is 5.56 Å². The Kier molecular flexibility index (Phi) is 5.64. The SMILES string of the molecule is COc1ccc(OC)c(NC(=O)[C@H]2CC(=O)N([C@@H](C)c3ccccc3)C2)c1. The zero-order chi connectivity index (χ0) is 19.4. The predicted molar refractivity (Wildman–Crippen MR) is 103 cm³/mol. The Morgan fingerprint density at radius 1 is 1.15 bits per heavy atom. The number of carbonyl (C=O) groups excluding carboxylic acids is 2. The van der Waals surface area contributed by atoms with Crippen LogP contribution in [0.5, 0.6) is 11.5 Å². The molecule has 1 aliphatic heterocycles. The molecule has 27 heavy (non-hydrogen) atoms. The Morgan fingerprint density at radius 2 is 1.89 bits per heavy atom. The maximum atomic E-state index is 12.7. The molecule has 6 heteroatoms. The number of rotatable bonds is 6. The van der Waals surface area contributed by atoms with Crippen LogP contribution in [-0.4, -0.2) is 37.5 Å². The van der Waals surface area contributed by atoms with Gasteiger partial charge in [-0.2, -0.15) is 0 Å². The molecule has 0 bridgehead atoms. The third kappa shape index (κ3) is 4.05. The highest BCUT2D eigenvalue weighted by atomic mass is 16.5. The van der Waals surface area contributed by atoms with Crippen LogP contribution >= 0.6 is 0 Å². The molecule has 1 fully saturated rings. The number of anilines is 1. The van der Waals surface area contributed by atoms with Crippen molar-refractivity contribution < 1.29 is 19.1 Å². The van der Waals surface area contributed by atoms with Gasteiger partial charge in [0.15, 0.2) is 0 Å². The zero-order valence-electron chi connectivity index (χ0n) is 15.8. The summed E-state index contributed by atoms with van der Waals surface area (Å²) in [5.41, 5.74) is 1.59. The summed E-state index contributed by atoms with van der Waals surface area (Å²) < 4.78 is 10.5. The Bertz CT molecular complexity index is 822. The fourth-order valence-corrected chi connectivity index (χ4v) is 3.34. The summed E-state index contributed by atoms with van der Waals surface area (Å²) in [5.74, 6) is 0.553. The molecule has 2 aromatic carbocycles. The van der Waals surface area contributed by atoms with Gasteiger partial charge in [0.05, 0.1) is 31.9 Å². The number of carbonyl (C=O) groups is 2. The van der Waals surface area contributed by atoms with Crippen LogP contribution in [0.25, 0.3) is 0 Å². The molecule has 6 nitrogen and oxygen atoms in total. The second-order valence-electron chi connectivity index (χ2n) is 6.59. The van der Waals surface area contributed by atoms with E-state index in [1.807, 2.05) is 37.3 Å². The number of nitrogens with zero attached hydrogens (tertiary/aromatic N) is 1. The first kappa shape index (κ1) is 18.8. The lowest BCUT2D eigenvalue weighted by Crippen LogP contribution is -2.30. The Morgan fingerprint density at radius 3 is 2.56 bits per heavy atom. The first-order valence-corrected chi connectivity index (χ1v) is 8.90. The molecule has 2 atom stereocenters. The van der Waals surface area contributed by atoms with Crippen LogP contribution in [0.3, 0.4) is 0 Å². The minimum atomic E-state index is -0.403. The van der Waals surface area contributed by atoms with Crippen LogP contribution in [0, 0.1) is 5.92 Å². The van der Waals surface area contributed by atoms with E-state index >= 15 is 0 Å². The topological polar surface area (TPSA) is 67.9 Å². The first-order chi connectivity index (χ1) is 13.0. The Balaban J connectivity index is 1.71. The maximum absolute atomic E-state index is 12.7. The molecular weight excluding hydrogens is 344 g/mol. The van der Waals surface area contributed by atoms with Gasteiger partial charge < -0.3 is 19.7 Å². The van der Waals surface area contributed by atoms with E-state index < -0.39 is 5.92 Å². The van der Waals surface area contributed by atoms with Gasteiger partial charge in [0, 0.05) is 19.0 Å². The third-order valence-corrected chi connectivity index (χ3v) is 4.94. The smallest absolute Gasteiger partial charge is 0.229 e. The number of ether oxygens (including phenoxy) is 2. The van der Waals surface area contributed by atoms with Crippen LogP contribution in [-0.2, 0) is 9.59 Å². The van der Waals surface area contributed by atoms with Gasteiger partial charge in [0.1, 0.15) is 11.5 Å². The lowest BCUT2D eigenvalue weighted by Gasteiger charge is -2.25. The van der Waals surface area contributed by atoms with Gasteiger partial charge in [-0.3, -0.25) is 9.59 Å². The highest BCUT2D eigenvalue weighted by Crippen LogP contribution is 2.32. The lowest BCUT2D eigenvalue weighted by molar-refractivity contribution is -0.129. The van der Waals surface area contributed by atoms with E-state index in [4.69, 9.17) is 9.47 Å². The number of likely N-dealkylation sites (tertiary alicyclic amines) is 1. The van der Waals surface area contributed by atoms with E-state index in [1.54, 1.807) is 37.3 Å². The molecule has 0 unspecified atom stereocenters. The molecular formula is C21H24N2O4. The number of benzene rings is 2. The van der Waals surface area contributed by atoms with Crippen molar-refractivity contribution in [3.05, 3.63) is 54.1 Å². The molecule has 0 aliphatic carbocycles. The van der Waals surface area contributed by atoms with Gasteiger partial charge >= 0.3 is 0 Å². The van der Waals surface area contributed by atoms with E-state index in [1.165, 1.54) is 0 Å². The molecule has 1 heterocycles. The Labute approximate surface area is 159 Å². The van der Waals surface area contributed by atoms with Gasteiger partial charge in [-0.15, -0.1) is 0 Å². The molecule has 0 saturated carbocycles. The second kappa shape index (κ2) is 8.12. The van der Waals surface area contributed by atoms with Gasteiger partial charge in [-0.05, 0) is 24.6 Å². The van der Waals surface area contributed by atoms with Crippen molar-refractivity contribution in [1.29, 1.82) is 0 Å². The first-order valence-electron chi connectivity index (χ1n) is 8.90. The molecule has 0 aromatic heterocycles. The lowest BCUT2D eigenvalue weighted by atomic mass is 10.1. The summed E-state index contributed by atoms with van der Waals surface area (Å²) in [7, 11) is 3.10. The zero-order valence-corrected chi connectivity index (χ0v) is 15.8. The monoisotopic (exact) mass is 368 g/mol. The van der Waals surface area contributed by atoms with Crippen molar-refractivity contribution in [2.75, 3.05) is 26.1 Å². The molecule has 0 radical (unpaired) electrons. The summed E-state index contributed by atoms with van der Waals surface area (Å²) in [5, 5.41) is 2.88. The van der Waals surface area contributed by atoms with Crippen LogP contribution in [0.2, 0.25) is 0 Å². The molecule has 3 rings (SSSR count). The van der Waals surface area contributed by atoms with E-state index in [0.29, 0.717) is 23.7 Å². The van der Waals surface area contributed by atoms with Crippen LogP contribution in [0.4, 0.5) is 5.69 Å². The fraction of sp³-hybridized carbons (Fsp3) is 0.333. The van der Waals surface area contributed by atoms with E-state index in [2.05, 4.69) is 5.32 Å². The van der Waals surface area contributed by atoms with E-state index in [9.17, 15) is 9.59 Å². The van der Waals surface area contributed by atoms with Crippen molar-refractivity contribution in [3.8, 4) is 11.5 Å². The Hall–Kier alpha value is -3.02. The average molecular weight is 368 g/mol. The summed E-state index contributed by atoms with van der Waals surface area (Å²) in [6.07, 6.45) is 0.204. The van der Waals surface area contributed by atoms with Gasteiger partial charge in [-0.1, -0.05) is 30.3 Å². The van der Waals surface area contributed by atoms with E-state index in [-0.39, 0.29) is 24.3 Å². The largest absolute Gasteiger partial charge is 0.497 e. The van der Waals surface area contributed by atoms with Crippen molar-refractivity contribution >= 4 is 17.5 Å². The van der Waals surface area contributed by atoms with Crippen LogP contribution in [0.15, 0.2) is 48.5 Å². The molecule has 1 aliphatic rings. The van der Waals surface area contributed by atoms with Crippen molar-refractivity contribution in [2.24, 2.45) is 5.92 Å². The fourth-order valence-electron chi connectivity index (χ4n) is 3.34. The molecule has 1 saturated heterocycles. The number of methoxy groups -OCH3 is 2. The molecule has 2 aromatic rings. The summed E-state index contributed by atoms with van der Waals surface area (Å²) in [6.45, 7) is 2.38. The standard InChI is InChI=1S/C21H24N2O4/c1-14(15-7-5-4-6-8-15)23-13-16(11-20(23)24)21(25)22-18-12-17(26-2)9-10-19(18)27-3/h4-10,12,14,16H,11,13H2,1-3H3,(H,22,25)/t14-,16-/m0/s1. The highest BCUT2D eigenvalue weighted by molar-refractivity contribution is 5.98. The maximum Gasteiger partial charge on any atom is 0.229 e. The van der Waals surface area contributed by atoms with Gasteiger partial charge in [0.2, 0.25) is 11.8 Å². The normalized spacial score (nSPS) is 17.5. The minimum absolute atomic E-state index is 0.0101.